The fourth-order valence-corrected chi connectivity index (χ4v) is 3.16. The second-order valence-electron chi connectivity index (χ2n) is 7.78. The third-order valence-corrected chi connectivity index (χ3v) is 5.10. The molecule has 0 atom stereocenters. The van der Waals surface area contributed by atoms with E-state index in [1.54, 1.807) is 6.20 Å². The van der Waals surface area contributed by atoms with E-state index in [-0.39, 0.29) is 0 Å². The van der Waals surface area contributed by atoms with Gasteiger partial charge in [-0.15, -0.1) is 12.6 Å². The number of benzene rings is 2. The second kappa shape index (κ2) is 11.6. The molecule has 1 aromatic heterocycles. The molecule has 0 amide bonds. The van der Waals surface area contributed by atoms with Crippen molar-refractivity contribution in [1.82, 2.24) is 14.9 Å². The zero-order valence-corrected chi connectivity index (χ0v) is 20.0. The van der Waals surface area contributed by atoms with Crippen LogP contribution in [0.4, 0.5) is 28.8 Å². The molecule has 0 spiro atoms. The number of nitrogens with one attached hydrogen (secondary N) is 3. The molecule has 0 aliphatic rings. The van der Waals surface area contributed by atoms with Crippen LogP contribution in [-0.4, -0.2) is 56.5 Å². The highest BCUT2D eigenvalue weighted by Crippen LogP contribution is 2.30. The molecule has 3 aromatic rings. The Morgan fingerprint density at radius 2 is 1.91 bits per heavy atom. The van der Waals surface area contributed by atoms with E-state index in [2.05, 4.69) is 64.5 Å². The van der Waals surface area contributed by atoms with Crippen LogP contribution in [0.2, 0.25) is 0 Å². The van der Waals surface area contributed by atoms with Gasteiger partial charge in [-0.25, -0.2) is 4.98 Å². The molecule has 9 heteroatoms. The highest BCUT2D eigenvalue weighted by molar-refractivity contribution is 7.80. The Kier molecular flexibility index (Phi) is 8.64. The van der Waals surface area contributed by atoms with Crippen molar-refractivity contribution in [3.05, 3.63) is 48.7 Å². The SMILES string of the molecule is Bc1cnc(Nc2ccc(NCCN(C)C)cc2OCCC)nc1Nc1ccccc1S. The molecule has 0 unspecified atom stereocenters. The first kappa shape index (κ1) is 23.8. The molecule has 0 radical (unpaired) electrons. The number of thiol groups is 1. The largest absolute Gasteiger partial charge is 0.491 e. The fraction of sp³-hybridized carbons (Fsp3) is 0.304. The summed E-state index contributed by atoms with van der Waals surface area (Å²) in [6.45, 7) is 4.53. The maximum atomic E-state index is 6.00. The van der Waals surface area contributed by atoms with E-state index < -0.39 is 0 Å². The summed E-state index contributed by atoms with van der Waals surface area (Å²) in [7, 11) is 6.09. The lowest BCUT2D eigenvalue weighted by molar-refractivity contribution is 0.319. The number of para-hydroxylation sites is 1. The summed E-state index contributed by atoms with van der Waals surface area (Å²) in [5.41, 5.74) is 3.67. The van der Waals surface area contributed by atoms with Crippen LogP contribution in [0.3, 0.4) is 0 Å². The first-order valence-corrected chi connectivity index (χ1v) is 11.2. The van der Waals surface area contributed by atoms with Gasteiger partial charge in [-0.1, -0.05) is 19.1 Å². The summed E-state index contributed by atoms with van der Waals surface area (Å²) in [4.78, 5) is 12.1. The van der Waals surface area contributed by atoms with Crippen molar-refractivity contribution < 1.29 is 4.74 Å². The van der Waals surface area contributed by atoms with Crippen LogP contribution in [0.5, 0.6) is 5.75 Å². The summed E-state index contributed by atoms with van der Waals surface area (Å²) in [6.07, 6.45) is 2.72. The average molecular weight is 450 g/mol. The van der Waals surface area contributed by atoms with Crippen LogP contribution in [-0.2, 0) is 0 Å². The monoisotopic (exact) mass is 450 g/mol. The number of hydrogen-bond donors (Lipinski definition) is 4. The summed E-state index contributed by atoms with van der Waals surface area (Å²) >= 11 is 4.51. The fourth-order valence-electron chi connectivity index (χ4n) is 2.95. The van der Waals surface area contributed by atoms with E-state index in [1.807, 2.05) is 50.3 Å². The van der Waals surface area contributed by atoms with Crippen molar-refractivity contribution in [3.63, 3.8) is 0 Å². The molecule has 0 saturated carbocycles. The lowest BCUT2D eigenvalue weighted by Crippen LogP contribution is -2.20. The van der Waals surface area contributed by atoms with Crippen LogP contribution < -0.4 is 26.2 Å². The number of hydrogen-bond acceptors (Lipinski definition) is 8. The number of aromatic nitrogens is 2. The molecular formula is C23H31BN6OS. The Hall–Kier alpha value is -2.91. The van der Waals surface area contributed by atoms with Gasteiger partial charge in [0.25, 0.3) is 0 Å². The number of nitrogens with zero attached hydrogens (tertiary/aromatic N) is 3. The van der Waals surface area contributed by atoms with Gasteiger partial charge in [0.05, 0.1) is 18.0 Å². The number of likely N-dealkylation sites (N-methyl/N-ethyl adjacent to an activating group) is 1. The third kappa shape index (κ3) is 6.80. The maximum Gasteiger partial charge on any atom is 0.229 e. The third-order valence-electron chi connectivity index (χ3n) is 4.71. The molecule has 3 rings (SSSR count). The van der Waals surface area contributed by atoms with Crippen LogP contribution >= 0.6 is 12.6 Å². The van der Waals surface area contributed by atoms with Gasteiger partial charge < -0.3 is 25.6 Å². The zero-order chi connectivity index (χ0) is 22.9. The molecule has 32 heavy (non-hydrogen) atoms. The van der Waals surface area contributed by atoms with Crippen LogP contribution in [0.15, 0.2) is 53.6 Å². The lowest BCUT2D eigenvalue weighted by Gasteiger charge is -2.16. The Labute approximate surface area is 196 Å². The predicted molar refractivity (Wildman–Crippen MR) is 140 cm³/mol. The van der Waals surface area contributed by atoms with Crippen molar-refractivity contribution in [2.75, 3.05) is 49.7 Å². The topological polar surface area (TPSA) is 74.3 Å². The average Bonchev–Trinajstić information content (AvgIpc) is 2.77. The quantitative estimate of drug-likeness (QED) is 0.264. The Morgan fingerprint density at radius 1 is 1.09 bits per heavy atom. The minimum absolute atomic E-state index is 0.490. The lowest BCUT2D eigenvalue weighted by atomic mass is 9.99. The van der Waals surface area contributed by atoms with Crippen molar-refractivity contribution in [2.45, 2.75) is 18.2 Å². The number of rotatable bonds is 11. The van der Waals surface area contributed by atoms with Crippen LogP contribution in [0.25, 0.3) is 0 Å². The minimum Gasteiger partial charge on any atom is -0.491 e. The summed E-state index contributed by atoms with van der Waals surface area (Å²) < 4.78 is 6.00. The van der Waals surface area contributed by atoms with Gasteiger partial charge in [0, 0.05) is 35.9 Å². The smallest absolute Gasteiger partial charge is 0.229 e. The molecule has 168 valence electrons. The highest BCUT2D eigenvalue weighted by atomic mass is 32.1. The molecule has 0 saturated heterocycles. The highest BCUT2D eigenvalue weighted by Gasteiger charge is 2.10. The first-order chi connectivity index (χ1) is 15.5. The van der Waals surface area contributed by atoms with Crippen molar-refractivity contribution in [2.24, 2.45) is 0 Å². The Balaban J connectivity index is 1.79. The molecule has 0 fully saturated rings. The van der Waals surface area contributed by atoms with Crippen LogP contribution in [0, 0.1) is 0 Å². The van der Waals surface area contributed by atoms with E-state index in [0.717, 1.165) is 58.5 Å². The van der Waals surface area contributed by atoms with Gasteiger partial charge in [-0.2, -0.15) is 4.98 Å². The van der Waals surface area contributed by atoms with Gasteiger partial charge in [0.2, 0.25) is 5.95 Å². The predicted octanol–water partition coefficient (Wildman–Crippen LogP) is 3.27. The van der Waals surface area contributed by atoms with Gasteiger partial charge >= 0.3 is 0 Å². The van der Waals surface area contributed by atoms with Gasteiger partial charge in [-0.3, -0.25) is 0 Å². The van der Waals surface area contributed by atoms with Crippen molar-refractivity contribution >= 4 is 54.8 Å². The molecule has 0 bridgehead atoms. The number of ether oxygens (including phenoxy) is 1. The molecule has 0 aliphatic heterocycles. The van der Waals surface area contributed by atoms with E-state index >= 15 is 0 Å². The summed E-state index contributed by atoms with van der Waals surface area (Å²) in [5, 5.41) is 10.1. The van der Waals surface area contributed by atoms with E-state index in [1.165, 1.54) is 0 Å². The second-order valence-corrected chi connectivity index (χ2v) is 8.26. The van der Waals surface area contributed by atoms with E-state index in [9.17, 15) is 0 Å². The van der Waals surface area contributed by atoms with E-state index in [0.29, 0.717) is 12.6 Å². The normalized spacial score (nSPS) is 10.8. The summed E-state index contributed by atoms with van der Waals surface area (Å²) in [6, 6.07) is 13.8. The van der Waals surface area contributed by atoms with Gasteiger partial charge in [0.1, 0.15) is 19.4 Å². The Morgan fingerprint density at radius 3 is 2.66 bits per heavy atom. The first-order valence-electron chi connectivity index (χ1n) is 10.8. The molecule has 3 N–H and O–H groups in total. The van der Waals surface area contributed by atoms with Crippen molar-refractivity contribution in [3.8, 4) is 5.75 Å². The Bertz CT molecular complexity index is 1030. The molecule has 2 aromatic carbocycles. The minimum atomic E-state index is 0.490. The maximum absolute atomic E-state index is 6.00. The zero-order valence-electron chi connectivity index (χ0n) is 19.1. The molecule has 0 aliphatic carbocycles. The van der Waals surface area contributed by atoms with Gasteiger partial charge in [0.15, 0.2) is 0 Å². The number of anilines is 5. The van der Waals surface area contributed by atoms with Crippen molar-refractivity contribution in [1.29, 1.82) is 0 Å². The molecular weight excluding hydrogens is 419 g/mol. The van der Waals surface area contributed by atoms with Crippen LogP contribution in [0.1, 0.15) is 13.3 Å². The standard InChI is InChI=1S/C23H31BN6OS/c1-4-13-31-20-14-16(25-11-12-30(2)3)9-10-18(20)28-23-26-15-17(24)22(29-23)27-19-7-5-6-8-21(19)32/h5-10,14-15,25,32H,4,11-13,24H2,1-3H3,(H2,26,27,28,29). The van der Waals surface area contributed by atoms with Gasteiger partial charge in [-0.05, 0) is 50.2 Å². The van der Waals surface area contributed by atoms with E-state index in [4.69, 9.17) is 4.74 Å². The summed E-state index contributed by atoms with van der Waals surface area (Å²) in [5.74, 6) is 1.98. The molecule has 1 heterocycles. The molecule has 7 nitrogen and oxygen atoms in total.